The van der Waals surface area contributed by atoms with Crippen molar-refractivity contribution in [1.29, 1.82) is 0 Å². The first-order valence-electron chi connectivity index (χ1n) is 7.32. The van der Waals surface area contributed by atoms with E-state index in [2.05, 4.69) is 12.2 Å². The zero-order chi connectivity index (χ0) is 15.2. The van der Waals surface area contributed by atoms with E-state index in [1.807, 2.05) is 0 Å². The average molecular weight is 305 g/mol. The molecule has 0 aromatic carbocycles. The minimum atomic E-state index is -3.34. The van der Waals surface area contributed by atoms with Gasteiger partial charge in [-0.3, -0.25) is 4.79 Å². The number of amides is 1. The van der Waals surface area contributed by atoms with Gasteiger partial charge in [0, 0.05) is 39.8 Å². The van der Waals surface area contributed by atoms with E-state index in [9.17, 15) is 13.2 Å². The van der Waals surface area contributed by atoms with E-state index in [-0.39, 0.29) is 11.7 Å². The number of carbonyl (C=O) groups excluding carboxylic acids is 1. The van der Waals surface area contributed by atoms with Crippen LogP contribution in [0.25, 0.3) is 0 Å². The second-order valence-electron chi connectivity index (χ2n) is 5.44. The number of hydrogen-bond acceptors (Lipinski definition) is 4. The van der Waals surface area contributed by atoms with Gasteiger partial charge >= 0.3 is 0 Å². The van der Waals surface area contributed by atoms with E-state index in [1.165, 1.54) is 4.31 Å². The van der Waals surface area contributed by atoms with Crippen LogP contribution >= 0.6 is 0 Å². The van der Waals surface area contributed by atoms with Gasteiger partial charge in [0.2, 0.25) is 15.9 Å². The van der Waals surface area contributed by atoms with E-state index in [0.29, 0.717) is 32.7 Å². The molecule has 1 N–H and O–H groups in total. The van der Waals surface area contributed by atoms with Gasteiger partial charge in [-0.15, -0.1) is 0 Å². The maximum atomic E-state index is 12.3. The normalized spacial score (nSPS) is 18.8. The fourth-order valence-corrected chi connectivity index (χ4v) is 4.02. The Morgan fingerprint density at radius 3 is 2.50 bits per heavy atom. The summed E-state index contributed by atoms with van der Waals surface area (Å²) < 4.78 is 26.0. The molecule has 118 valence electrons. The molecule has 1 heterocycles. The Hall–Kier alpha value is -0.660. The second-order valence-corrected chi connectivity index (χ2v) is 7.46. The zero-order valence-electron chi connectivity index (χ0n) is 12.8. The standard InChI is InChI=1S/C13H27N3O3S/c1-4-5-8-15(3)13(17)12(2)11-20(18,19)16-9-6-14-7-10-16/h12,14H,4-11H2,1-3H3. The summed E-state index contributed by atoms with van der Waals surface area (Å²) in [5, 5.41) is 3.12. The molecular formula is C13H27N3O3S. The second kappa shape index (κ2) is 7.95. The number of rotatable bonds is 7. The molecule has 1 aliphatic heterocycles. The topological polar surface area (TPSA) is 69.7 Å². The quantitative estimate of drug-likeness (QED) is 0.725. The molecule has 1 atom stereocenters. The van der Waals surface area contributed by atoms with Gasteiger partial charge in [0.25, 0.3) is 0 Å². The first-order valence-corrected chi connectivity index (χ1v) is 8.93. The molecule has 7 heteroatoms. The van der Waals surface area contributed by atoms with Crippen molar-refractivity contribution in [2.45, 2.75) is 26.7 Å². The van der Waals surface area contributed by atoms with Crippen LogP contribution in [0.3, 0.4) is 0 Å². The van der Waals surface area contributed by atoms with Crippen LogP contribution in [0, 0.1) is 5.92 Å². The van der Waals surface area contributed by atoms with Crippen LogP contribution in [0.15, 0.2) is 0 Å². The summed E-state index contributed by atoms with van der Waals surface area (Å²) in [4.78, 5) is 13.8. The highest BCUT2D eigenvalue weighted by Crippen LogP contribution is 2.11. The third kappa shape index (κ3) is 5.03. The lowest BCUT2D eigenvalue weighted by atomic mass is 10.2. The minimum Gasteiger partial charge on any atom is -0.346 e. The molecule has 1 amide bonds. The molecule has 1 rings (SSSR count). The minimum absolute atomic E-state index is 0.0860. The third-order valence-electron chi connectivity index (χ3n) is 3.57. The van der Waals surface area contributed by atoms with Crippen molar-refractivity contribution in [2.24, 2.45) is 5.92 Å². The molecule has 0 aromatic rings. The number of nitrogens with zero attached hydrogens (tertiary/aromatic N) is 2. The van der Waals surface area contributed by atoms with Gasteiger partial charge in [-0.25, -0.2) is 8.42 Å². The summed E-state index contributed by atoms with van der Waals surface area (Å²) >= 11 is 0. The van der Waals surface area contributed by atoms with Crippen molar-refractivity contribution < 1.29 is 13.2 Å². The van der Waals surface area contributed by atoms with Gasteiger partial charge in [0.15, 0.2) is 0 Å². The number of sulfonamides is 1. The molecule has 6 nitrogen and oxygen atoms in total. The molecule has 1 aliphatic rings. The molecule has 1 fully saturated rings. The average Bonchev–Trinajstić information content (AvgIpc) is 2.44. The molecule has 0 spiro atoms. The highest BCUT2D eigenvalue weighted by molar-refractivity contribution is 7.89. The van der Waals surface area contributed by atoms with E-state index in [0.717, 1.165) is 12.8 Å². The summed E-state index contributed by atoms with van der Waals surface area (Å²) in [6, 6.07) is 0. The largest absolute Gasteiger partial charge is 0.346 e. The number of hydrogen-bond donors (Lipinski definition) is 1. The van der Waals surface area contributed by atoms with Crippen molar-refractivity contribution in [3.8, 4) is 0 Å². The first kappa shape index (κ1) is 17.4. The number of carbonyl (C=O) groups is 1. The van der Waals surface area contributed by atoms with Gasteiger partial charge in [0.1, 0.15) is 0 Å². The third-order valence-corrected chi connectivity index (χ3v) is 5.65. The van der Waals surface area contributed by atoms with Crippen LogP contribution in [-0.2, 0) is 14.8 Å². The van der Waals surface area contributed by atoms with Gasteiger partial charge in [-0.1, -0.05) is 20.3 Å². The van der Waals surface area contributed by atoms with Crippen LogP contribution < -0.4 is 5.32 Å². The highest BCUT2D eigenvalue weighted by Gasteiger charge is 2.29. The van der Waals surface area contributed by atoms with E-state index >= 15 is 0 Å². The van der Waals surface area contributed by atoms with E-state index in [4.69, 9.17) is 0 Å². The summed E-state index contributed by atoms with van der Waals surface area (Å²) in [7, 11) is -1.59. The van der Waals surface area contributed by atoms with Crippen molar-refractivity contribution in [1.82, 2.24) is 14.5 Å². The number of nitrogens with one attached hydrogen (secondary N) is 1. The van der Waals surface area contributed by atoms with Crippen molar-refractivity contribution in [3.63, 3.8) is 0 Å². The predicted molar refractivity (Wildman–Crippen MR) is 79.9 cm³/mol. The fourth-order valence-electron chi connectivity index (χ4n) is 2.30. The summed E-state index contributed by atoms with van der Waals surface area (Å²) in [6.07, 6.45) is 1.96. The molecule has 20 heavy (non-hydrogen) atoms. The molecular weight excluding hydrogens is 278 g/mol. The Kier molecular flexibility index (Phi) is 6.91. The Balaban J connectivity index is 2.54. The number of piperazine rings is 1. The number of unbranched alkanes of at least 4 members (excludes halogenated alkanes) is 1. The van der Waals surface area contributed by atoms with Crippen LogP contribution in [-0.4, -0.2) is 69.1 Å². The molecule has 1 unspecified atom stereocenters. The monoisotopic (exact) mass is 305 g/mol. The van der Waals surface area contributed by atoms with Gasteiger partial charge in [-0.2, -0.15) is 4.31 Å². The fraction of sp³-hybridized carbons (Fsp3) is 0.923. The predicted octanol–water partition coefficient (Wildman–Crippen LogP) is 0.116. The Labute approximate surface area is 122 Å². The Morgan fingerprint density at radius 2 is 1.95 bits per heavy atom. The molecule has 0 bridgehead atoms. The molecule has 1 saturated heterocycles. The van der Waals surface area contributed by atoms with Crippen LogP contribution in [0.2, 0.25) is 0 Å². The molecule has 0 saturated carbocycles. The van der Waals surface area contributed by atoms with Crippen LogP contribution in [0.4, 0.5) is 0 Å². The van der Waals surface area contributed by atoms with Crippen molar-refractivity contribution >= 4 is 15.9 Å². The van der Waals surface area contributed by atoms with Gasteiger partial charge < -0.3 is 10.2 Å². The SMILES string of the molecule is CCCCN(C)C(=O)C(C)CS(=O)(=O)N1CCNCC1. The maximum absolute atomic E-state index is 12.3. The highest BCUT2D eigenvalue weighted by atomic mass is 32.2. The Morgan fingerprint density at radius 1 is 1.35 bits per heavy atom. The van der Waals surface area contributed by atoms with Crippen molar-refractivity contribution in [3.05, 3.63) is 0 Å². The van der Waals surface area contributed by atoms with Gasteiger partial charge in [-0.05, 0) is 6.42 Å². The smallest absolute Gasteiger partial charge is 0.226 e. The van der Waals surface area contributed by atoms with Crippen LogP contribution in [0.1, 0.15) is 26.7 Å². The first-order chi connectivity index (χ1) is 9.38. The van der Waals surface area contributed by atoms with E-state index in [1.54, 1.807) is 18.9 Å². The summed E-state index contributed by atoms with van der Waals surface area (Å²) in [6.45, 7) is 6.80. The lowest BCUT2D eigenvalue weighted by Gasteiger charge is -2.28. The van der Waals surface area contributed by atoms with E-state index < -0.39 is 15.9 Å². The lowest BCUT2D eigenvalue weighted by molar-refractivity contribution is -0.133. The van der Waals surface area contributed by atoms with Crippen LogP contribution in [0.5, 0.6) is 0 Å². The zero-order valence-corrected chi connectivity index (χ0v) is 13.6. The molecule has 0 aromatic heterocycles. The molecule has 0 aliphatic carbocycles. The summed E-state index contributed by atoms with van der Waals surface area (Å²) in [5.74, 6) is -0.670. The summed E-state index contributed by atoms with van der Waals surface area (Å²) in [5.41, 5.74) is 0. The lowest BCUT2D eigenvalue weighted by Crippen LogP contribution is -2.48. The Bertz CT molecular complexity index is 405. The maximum Gasteiger partial charge on any atom is 0.226 e. The molecule has 0 radical (unpaired) electrons. The van der Waals surface area contributed by atoms with Gasteiger partial charge in [0.05, 0.1) is 11.7 Å². The van der Waals surface area contributed by atoms with Crippen molar-refractivity contribution in [2.75, 3.05) is 45.5 Å².